The number of hydrogen-bond acceptors (Lipinski definition) is 2. The Balaban J connectivity index is 0.00000106. The average molecular weight is 221 g/mol. The van der Waals surface area contributed by atoms with E-state index in [-0.39, 0.29) is 11.7 Å². The van der Waals surface area contributed by atoms with Gasteiger partial charge in [0.25, 0.3) is 0 Å². The van der Waals surface area contributed by atoms with E-state index in [0.29, 0.717) is 17.7 Å². The first kappa shape index (κ1) is 14.4. The van der Waals surface area contributed by atoms with Crippen LogP contribution in [-0.4, -0.2) is 11.7 Å². The van der Waals surface area contributed by atoms with Crippen LogP contribution in [0.3, 0.4) is 0 Å². The summed E-state index contributed by atoms with van der Waals surface area (Å²) >= 11 is 0. The highest BCUT2D eigenvalue weighted by atomic mass is 16.1. The summed E-state index contributed by atoms with van der Waals surface area (Å²) in [4.78, 5) is 22.3. The molecule has 3 heteroatoms. The van der Waals surface area contributed by atoms with E-state index < -0.39 is 0 Å². The number of carbonyl (C=O) groups is 2. The molecule has 16 heavy (non-hydrogen) atoms. The number of ketones is 1. The summed E-state index contributed by atoms with van der Waals surface area (Å²) in [5.74, 6) is -0.129. The van der Waals surface area contributed by atoms with E-state index in [9.17, 15) is 9.59 Å². The van der Waals surface area contributed by atoms with Crippen molar-refractivity contribution in [2.45, 2.75) is 34.1 Å². The lowest BCUT2D eigenvalue weighted by molar-refractivity contribution is -0.114. The van der Waals surface area contributed by atoms with Crippen LogP contribution < -0.4 is 5.32 Å². The van der Waals surface area contributed by atoms with Gasteiger partial charge in [0.05, 0.1) is 5.69 Å². The molecule has 1 aromatic rings. The van der Waals surface area contributed by atoms with Crippen LogP contribution in [0.25, 0.3) is 0 Å². The second-order valence-electron chi connectivity index (χ2n) is 3.00. The lowest BCUT2D eigenvalue weighted by Crippen LogP contribution is -2.10. The minimum Gasteiger partial charge on any atom is -0.326 e. The van der Waals surface area contributed by atoms with Gasteiger partial charge >= 0.3 is 0 Å². The summed E-state index contributed by atoms with van der Waals surface area (Å²) in [6, 6.07) is 7.02. The third-order valence-electron chi connectivity index (χ3n) is 1.86. The van der Waals surface area contributed by atoms with Gasteiger partial charge in [-0.1, -0.05) is 32.9 Å². The topological polar surface area (TPSA) is 46.2 Å². The average Bonchev–Trinajstić information content (AvgIpc) is 2.31. The van der Waals surface area contributed by atoms with Gasteiger partial charge < -0.3 is 5.32 Å². The summed E-state index contributed by atoms with van der Waals surface area (Å²) in [5.41, 5.74) is 1.16. The zero-order valence-electron chi connectivity index (χ0n) is 10.3. The molecule has 1 N–H and O–H groups in total. The van der Waals surface area contributed by atoms with Gasteiger partial charge in [0.1, 0.15) is 0 Å². The van der Waals surface area contributed by atoms with Crippen LogP contribution in [0.1, 0.15) is 44.5 Å². The van der Waals surface area contributed by atoms with Crippen molar-refractivity contribution >= 4 is 17.4 Å². The normalized spacial score (nSPS) is 8.75. The molecule has 0 unspecified atom stereocenters. The van der Waals surface area contributed by atoms with Crippen LogP contribution in [0, 0.1) is 0 Å². The van der Waals surface area contributed by atoms with Gasteiger partial charge in [-0.05, 0) is 12.1 Å². The number of carbonyl (C=O) groups excluding carboxylic acids is 2. The van der Waals surface area contributed by atoms with E-state index >= 15 is 0 Å². The van der Waals surface area contributed by atoms with E-state index in [4.69, 9.17) is 0 Å². The molecular weight excluding hydrogens is 202 g/mol. The van der Waals surface area contributed by atoms with E-state index in [1.54, 1.807) is 31.2 Å². The first-order chi connectivity index (χ1) is 7.65. The molecule has 0 radical (unpaired) electrons. The maximum absolute atomic E-state index is 11.5. The molecule has 0 fully saturated rings. The number of nitrogens with one attached hydrogen (secondary N) is 1. The minimum absolute atomic E-state index is 0.0364. The molecule has 0 heterocycles. The van der Waals surface area contributed by atoms with E-state index in [2.05, 4.69) is 5.32 Å². The fourth-order valence-electron chi connectivity index (χ4n) is 1.22. The Morgan fingerprint density at radius 1 is 1.19 bits per heavy atom. The van der Waals surface area contributed by atoms with Crippen molar-refractivity contribution in [3.05, 3.63) is 29.8 Å². The van der Waals surface area contributed by atoms with E-state index in [0.717, 1.165) is 0 Å². The third kappa shape index (κ3) is 4.26. The van der Waals surface area contributed by atoms with Crippen LogP contribution in [0.4, 0.5) is 5.69 Å². The molecule has 1 rings (SSSR count). The third-order valence-corrected chi connectivity index (χ3v) is 1.86. The van der Waals surface area contributed by atoms with Gasteiger partial charge in [0.2, 0.25) is 5.91 Å². The molecule has 1 amide bonds. The van der Waals surface area contributed by atoms with Gasteiger partial charge in [0, 0.05) is 18.9 Å². The molecule has 3 nitrogen and oxygen atoms in total. The van der Waals surface area contributed by atoms with Crippen molar-refractivity contribution in [2.24, 2.45) is 0 Å². The van der Waals surface area contributed by atoms with Gasteiger partial charge in [-0.15, -0.1) is 0 Å². The molecule has 0 aliphatic carbocycles. The van der Waals surface area contributed by atoms with Gasteiger partial charge in [-0.25, -0.2) is 0 Å². The number of anilines is 1. The lowest BCUT2D eigenvalue weighted by atomic mass is 10.1. The zero-order valence-corrected chi connectivity index (χ0v) is 10.3. The summed E-state index contributed by atoms with van der Waals surface area (Å²) < 4.78 is 0. The zero-order chi connectivity index (χ0) is 12.6. The molecule has 88 valence electrons. The molecule has 0 saturated heterocycles. The Morgan fingerprint density at radius 3 is 2.25 bits per heavy atom. The van der Waals surface area contributed by atoms with Crippen LogP contribution in [-0.2, 0) is 4.79 Å². The predicted octanol–water partition coefficient (Wildman–Crippen LogP) is 3.26. The Kier molecular flexibility index (Phi) is 6.84. The number of benzene rings is 1. The van der Waals surface area contributed by atoms with Crippen molar-refractivity contribution in [1.29, 1.82) is 0 Å². The quantitative estimate of drug-likeness (QED) is 0.796. The number of hydrogen-bond donors (Lipinski definition) is 1. The minimum atomic E-state index is -0.165. The molecule has 0 saturated carbocycles. The predicted molar refractivity (Wildman–Crippen MR) is 66.7 cm³/mol. The van der Waals surface area contributed by atoms with Crippen LogP contribution in [0.15, 0.2) is 24.3 Å². The Morgan fingerprint density at radius 2 is 1.75 bits per heavy atom. The maximum Gasteiger partial charge on any atom is 0.221 e. The summed E-state index contributed by atoms with van der Waals surface area (Å²) in [6.07, 6.45) is 0.441. The highest BCUT2D eigenvalue weighted by Gasteiger charge is 2.08. The molecule has 0 spiro atoms. The van der Waals surface area contributed by atoms with E-state index in [1.165, 1.54) is 6.92 Å². The fraction of sp³-hybridized carbons (Fsp3) is 0.385. The van der Waals surface area contributed by atoms with Crippen molar-refractivity contribution < 1.29 is 9.59 Å². The van der Waals surface area contributed by atoms with Crippen LogP contribution in [0.5, 0.6) is 0 Å². The first-order valence-corrected chi connectivity index (χ1v) is 5.55. The van der Waals surface area contributed by atoms with Crippen LogP contribution in [0.2, 0.25) is 0 Å². The second kappa shape index (κ2) is 7.63. The molecule has 0 aromatic heterocycles. The molecular formula is C13H19NO2. The smallest absolute Gasteiger partial charge is 0.221 e. The Labute approximate surface area is 96.9 Å². The number of Topliss-reactive ketones (excluding diaryl/α,β-unsaturated/α-hetero) is 1. The monoisotopic (exact) mass is 221 g/mol. The second-order valence-corrected chi connectivity index (χ2v) is 3.00. The van der Waals surface area contributed by atoms with Crippen molar-refractivity contribution in [1.82, 2.24) is 0 Å². The number of para-hydroxylation sites is 1. The van der Waals surface area contributed by atoms with E-state index in [1.807, 2.05) is 13.8 Å². The summed E-state index contributed by atoms with van der Waals surface area (Å²) in [5, 5.41) is 2.63. The van der Waals surface area contributed by atoms with Crippen molar-refractivity contribution in [2.75, 3.05) is 5.32 Å². The van der Waals surface area contributed by atoms with Crippen molar-refractivity contribution in [3.63, 3.8) is 0 Å². The highest BCUT2D eigenvalue weighted by molar-refractivity contribution is 6.04. The van der Waals surface area contributed by atoms with Crippen molar-refractivity contribution in [3.8, 4) is 0 Å². The number of amides is 1. The largest absolute Gasteiger partial charge is 0.326 e. The fourth-order valence-corrected chi connectivity index (χ4v) is 1.22. The van der Waals surface area contributed by atoms with Gasteiger partial charge in [-0.3, -0.25) is 9.59 Å². The SMILES string of the molecule is CC.CCC(=O)c1ccccc1NC(C)=O. The molecule has 0 bridgehead atoms. The Bertz CT molecular complexity index is 359. The molecule has 0 aliphatic heterocycles. The number of rotatable bonds is 3. The molecule has 1 aromatic carbocycles. The standard InChI is InChI=1S/C11H13NO2.C2H6/c1-3-11(14)9-6-4-5-7-10(9)12-8(2)13;1-2/h4-7H,3H2,1-2H3,(H,12,13);1-2H3. The van der Waals surface area contributed by atoms with Gasteiger partial charge in [-0.2, -0.15) is 0 Å². The molecule has 0 atom stereocenters. The first-order valence-electron chi connectivity index (χ1n) is 5.55. The summed E-state index contributed by atoms with van der Waals surface area (Å²) in [7, 11) is 0. The van der Waals surface area contributed by atoms with Gasteiger partial charge in [0.15, 0.2) is 5.78 Å². The van der Waals surface area contributed by atoms with Crippen LogP contribution >= 0.6 is 0 Å². The maximum atomic E-state index is 11.5. The highest BCUT2D eigenvalue weighted by Crippen LogP contribution is 2.16. The lowest BCUT2D eigenvalue weighted by Gasteiger charge is -2.07. The Hall–Kier alpha value is -1.64. The summed E-state index contributed by atoms with van der Waals surface area (Å²) in [6.45, 7) is 7.22. The molecule has 0 aliphatic rings.